The first kappa shape index (κ1) is 11.8. The van der Waals surface area contributed by atoms with Gasteiger partial charge >= 0.3 is 5.97 Å². The van der Waals surface area contributed by atoms with Crippen molar-refractivity contribution in [2.24, 2.45) is 0 Å². The Morgan fingerprint density at radius 2 is 2.27 bits per heavy atom. The average molecular weight is 324 g/mol. The van der Waals surface area contributed by atoms with Gasteiger partial charge in [-0.2, -0.15) is 5.26 Å². The fourth-order valence-electron chi connectivity index (χ4n) is 0.910. The van der Waals surface area contributed by atoms with E-state index in [4.69, 9.17) is 10.4 Å². The molecule has 1 aromatic rings. The van der Waals surface area contributed by atoms with Crippen LogP contribution < -0.4 is 0 Å². The number of aromatic carboxylic acids is 1. The van der Waals surface area contributed by atoms with Crippen LogP contribution in [0.3, 0.4) is 0 Å². The van der Waals surface area contributed by atoms with E-state index in [1.165, 1.54) is 28.7 Å². The number of hydrogen-bond donors (Lipinski definition) is 1. The molecule has 0 saturated heterocycles. The Balaban J connectivity index is 3.44. The normalized spacial score (nSPS) is 10.1. The van der Waals surface area contributed by atoms with Crippen LogP contribution in [-0.4, -0.2) is 16.1 Å². The van der Waals surface area contributed by atoms with Gasteiger partial charge < -0.3 is 5.11 Å². The van der Waals surface area contributed by atoms with Crippen LogP contribution in [0.4, 0.5) is 8.78 Å². The Hall–Kier alpha value is -1.30. The van der Waals surface area contributed by atoms with Gasteiger partial charge in [-0.25, -0.2) is 18.6 Å². The van der Waals surface area contributed by atoms with Gasteiger partial charge in [-0.1, -0.05) is 0 Å². The molecule has 0 unspecified atom stereocenters. The SMILES string of the molecule is N#Cc1cc(C(=O)O)c(I)nc1C(F)F. The van der Waals surface area contributed by atoms with E-state index in [9.17, 15) is 13.6 Å². The predicted molar refractivity (Wildman–Crippen MR) is 53.6 cm³/mol. The van der Waals surface area contributed by atoms with E-state index in [1.54, 1.807) is 0 Å². The van der Waals surface area contributed by atoms with E-state index in [1.807, 2.05) is 0 Å². The number of aromatic nitrogens is 1. The van der Waals surface area contributed by atoms with Crippen LogP contribution in [0.1, 0.15) is 28.0 Å². The quantitative estimate of drug-likeness (QED) is 0.668. The van der Waals surface area contributed by atoms with Crippen LogP contribution in [0.15, 0.2) is 6.07 Å². The summed E-state index contributed by atoms with van der Waals surface area (Å²) >= 11 is 1.53. The highest BCUT2D eigenvalue weighted by molar-refractivity contribution is 14.1. The molecule has 1 N–H and O–H groups in total. The lowest BCUT2D eigenvalue weighted by molar-refractivity contribution is 0.0694. The van der Waals surface area contributed by atoms with Gasteiger partial charge in [0.15, 0.2) is 0 Å². The molecule has 0 fully saturated rings. The van der Waals surface area contributed by atoms with Crippen molar-refractivity contribution >= 4 is 28.6 Å². The molecule has 0 aromatic carbocycles. The minimum atomic E-state index is -2.89. The molecule has 0 amide bonds. The van der Waals surface area contributed by atoms with Crippen LogP contribution in [0, 0.1) is 15.0 Å². The summed E-state index contributed by atoms with van der Waals surface area (Å²) in [5.74, 6) is -1.30. The number of nitriles is 1. The number of carbonyl (C=O) groups is 1. The zero-order valence-electron chi connectivity index (χ0n) is 7.04. The topological polar surface area (TPSA) is 74.0 Å². The maximum Gasteiger partial charge on any atom is 0.338 e. The van der Waals surface area contributed by atoms with Crippen molar-refractivity contribution in [1.29, 1.82) is 5.26 Å². The molecule has 0 saturated carbocycles. The monoisotopic (exact) mass is 324 g/mol. The minimum Gasteiger partial charge on any atom is -0.478 e. The van der Waals surface area contributed by atoms with Gasteiger partial charge in [-0.3, -0.25) is 0 Å². The van der Waals surface area contributed by atoms with E-state index in [2.05, 4.69) is 4.98 Å². The molecule has 78 valence electrons. The number of carboxylic acid groups (broad SMARTS) is 1. The van der Waals surface area contributed by atoms with Gasteiger partial charge in [0.25, 0.3) is 6.43 Å². The zero-order valence-corrected chi connectivity index (χ0v) is 9.20. The highest BCUT2D eigenvalue weighted by Gasteiger charge is 2.20. The third-order valence-corrected chi connectivity index (χ3v) is 2.39. The first-order valence-electron chi connectivity index (χ1n) is 3.59. The zero-order chi connectivity index (χ0) is 11.6. The first-order chi connectivity index (χ1) is 6.97. The molecule has 1 aromatic heterocycles. The molecule has 1 heterocycles. The molecule has 1 rings (SSSR count). The van der Waals surface area contributed by atoms with Gasteiger partial charge in [0.1, 0.15) is 15.5 Å². The number of carboxylic acids is 1. The van der Waals surface area contributed by atoms with Crippen LogP contribution in [0.2, 0.25) is 0 Å². The second kappa shape index (κ2) is 4.48. The largest absolute Gasteiger partial charge is 0.478 e. The number of nitrogens with zero attached hydrogens (tertiary/aromatic N) is 2. The molecule has 0 aliphatic heterocycles. The maximum atomic E-state index is 12.4. The van der Waals surface area contributed by atoms with E-state index >= 15 is 0 Å². The summed E-state index contributed by atoms with van der Waals surface area (Å²) in [6.45, 7) is 0. The van der Waals surface area contributed by atoms with Crippen molar-refractivity contribution in [3.05, 3.63) is 26.6 Å². The molecular formula is C8H3F2IN2O2. The van der Waals surface area contributed by atoms with Crippen molar-refractivity contribution in [1.82, 2.24) is 4.98 Å². The number of alkyl halides is 2. The van der Waals surface area contributed by atoms with E-state index in [0.717, 1.165) is 6.07 Å². The van der Waals surface area contributed by atoms with Crippen LogP contribution >= 0.6 is 22.6 Å². The van der Waals surface area contributed by atoms with E-state index < -0.39 is 23.7 Å². The minimum absolute atomic E-state index is 0.0607. The van der Waals surface area contributed by atoms with Crippen molar-refractivity contribution in [3.63, 3.8) is 0 Å². The molecule has 0 atom stereocenters. The molecule has 0 radical (unpaired) electrons. The Morgan fingerprint density at radius 1 is 1.67 bits per heavy atom. The summed E-state index contributed by atoms with van der Waals surface area (Å²) in [4.78, 5) is 14.0. The van der Waals surface area contributed by atoms with Gasteiger partial charge in [0, 0.05) is 0 Å². The van der Waals surface area contributed by atoms with Gasteiger partial charge in [-0.15, -0.1) is 0 Å². The lowest BCUT2D eigenvalue weighted by Crippen LogP contribution is -2.06. The van der Waals surface area contributed by atoms with Gasteiger partial charge in [-0.05, 0) is 28.7 Å². The highest BCUT2D eigenvalue weighted by atomic mass is 127. The number of hydrogen-bond acceptors (Lipinski definition) is 3. The molecule has 15 heavy (non-hydrogen) atoms. The smallest absolute Gasteiger partial charge is 0.338 e. The Bertz CT molecular complexity index is 457. The van der Waals surface area contributed by atoms with Crippen molar-refractivity contribution < 1.29 is 18.7 Å². The highest BCUT2D eigenvalue weighted by Crippen LogP contribution is 2.23. The van der Waals surface area contributed by atoms with E-state index in [-0.39, 0.29) is 9.26 Å². The molecule has 0 aliphatic carbocycles. The van der Waals surface area contributed by atoms with Crippen LogP contribution in [-0.2, 0) is 0 Å². The van der Waals surface area contributed by atoms with Crippen LogP contribution in [0.25, 0.3) is 0 Å². The standard InChI is InChI=1S/C8H3F2IN2O2/c9-6(10)5-3(2-12)1-4(8(14)15)7(11)13-5/h1,6H,(H,14,15). The summed E-state index contributed by atoms with van der Waals surface area (Å²) in [7, 11) is 0. The summed E-state index contributed by atoms with van der Waals surface area (Å²) in [6.07, 6.45) is -2.89. The second-order valence-electron chi connectivity index (χ2n) is 2.48. The molecule has 7 heteroatoms. The van der Waals surface area contributed by atoms with Crippen molar-refractivity contribution in [2.75, 3.05) is 0 Å². The Labute approximate surface area is 96.7 Å². The summed E-state index contributed by atoms with van der Waals surface area (Å²) in [5.41, 5.74) is -1.36. The van der Waals surface area contributed by atoms with Crippen molar-refractivity contribution in [2.45, 2.75) is 6.43 Å². The Kier molecular flexibility index (Phi) is 3.52. The molecule has 0 bridgehead atoms. The molecule has 0 spiro atoms. The number of halogens is 3. The number of rotatable bonds is 2. The molecular weight excluding hydrogens is 321 g/mol. The fourth-order valence-corrected chi connectivity index (χ4v) is 1.56. The Morgan fingerprint density at radius 3 is 2.67 bits per heavy atom. The van der Waals surface area contributed by atoms with Crippen molar-refractivity contribution in [3.8, 4) is 6.07 Å². The maximum absolute atomic E-state index is 12.4. The number of pyridine rings is 1. The summed E-state index contributed by atoms with van der Waals surface area (Å²) in [6, 6.07) is 2.39. The first-order valence-corrected chi connectivity index (χ1v) is 4.67. The summed E-state index contributed by atoms with van der Waals surface area (Å²) < 4.78 is 24.7. The fraction of sp³-hybridized carbons (Fsp3) is 0.125. The average Bonchev–Trinajstić information content (AvgIpc) is 2.16. The third-order valence-electron chi connectivity index (χ3n) is 1.56. The molecule has 4 nitrogen and oxygen atoms in total. The van der Waals surface area contributed by atoms with E-state index in [0.29, 0.717) is 0 Å². The lowest BCUT2D eigenvalue weighted by atomic mass is 10.1. The summed E-state index contributed by atoms with van der Waals surface area (Å²) in [5, 5.41) is 17.2. The van der Waals surface area contributed by atoms with Gasteiger partial charge in [0.05, 0.1) is 11.1 Å². The third kappa shape index (κ3) is 2.38. The predicted octanol–water partition coefficient (Wildman–Crippen LogP) is 2.19. The van der Waals surface area contributed by atoms with Gasteiger partial charge in [0.2, 0.25) is 0 Å². The van der Waals surface area contributed by atoms with Crippen LogP contribution in [0.5, 0.6) is 0 Å². The molecule has 0 aliphatic rings. The second-order valence-corrected chi connectivity index (χ2v) is 3.50. The lowest BCUT2D eigenvalue weighted by Gasteiger charge is -2.04.